The van der Waals surface area contributed by atoms with Crippen molar-refractivity contribution in [1.82, 2.24) is 10.2 Å². The van der Waals surface area contributed by atoms with Crippen molar-refractivity contribution in [3.05, 3.63) is 47.1 Å². The van der Waals surface area contributed by atoms with Gasteiger partial charge in [-0.3, -0.25) is 5.10 Å². The van der Waals surface area contributed by atoms with Crippen LogP contribution in [-0.4, -0.2) is 16.0 Å². The highest BCUT2D eigenvalue weighted by Gasteiger charge is 2.03. The van der Waals surface area contributed by atoms with Crippen molar-refractivity contribution in [2.45, 2.75) is 6.92 Å². The lowest BCUT2D eigenvalue weighted by Crippen LogP contribution is -1.90. The fourth-order valence-electron chi connectivity index (χ4n) is 1.42. The molecule has 2 rings (SSSR count). The first-order valence-electron chi connectivity index (χ1n) is 4.74. The zero-order valence-corrected chi connectivity index (χ0v) is 8.69. The van der Waals surface area contributed by atoms with E-state index in [0.717, 1.165) is 16.5 Å². The van der Waals surface area contributed by atoms with Crippen molar-refractivity contribution in [2.24, 2.45) is 0 Å². The van der Waals surface area contributed by atoms with Gasteiger partial charge in [0, 0.05) is 5.39 Å². The average Bonchev–Trinajstić information content (AvgIpc) is 2.72. The number of rotatable bonds is 2. The van der Waals surface area contributed by atoms with E-state index in [-0.39, 0.29) is 11.5 Å². The lowest BCUT2D eigenvalue weighted by Gasteiger charge is -1.95. The predicted octanol–water partition coefficient (Wildman–Crippen LogP) is 2.41. The van der Waals surface area contributed by atoms with Crippen LogP contribution in [0.1, 0.15) is 12.5 Å². The van der Waals surface area contributed by atoms with E-state index < -0.39 is 0 Å². The first kappa shape index (κ1) is 10.1. The van der Waals surface area contributed by atoms with Crippen LogP contribution in [0, 0.1) is 6.57 Å². The molecule has 0 saturated heterocycles. The third-order valence-electron chi connectivity index (χ3n) is 2.25. The van der Waals surface area contributed by atoms with E-state index in [9.17, 15) is 4.79 Å². The Kier molecular flexibility index (Phi) is 2.52. The van der Waals surface area contributed by atoms with Gasteiger partial charge in [0.1, 0.15) is 0 Å². The minimum absolute atomic E-state index is 0.142. The molecule has 4 heteroatoms. The molecular formula is C12H9N3O. The summed E-state index contributed by atoms with van der Waals surface area (Å²) in [7, 11) is 0. The van der Waals surface area contributed by atoms with E-state index in [4.69, 9.17) is 6.57 Å². The summed E-state index contributed by atoms with van der Waals surface area (Å²) in [6.07, 6.45) is 3.29. The van der Waals surface area contributed by atoms with Gasteiger partial charge in [0.05, 0.1) is 18.3 Å². The highest BCUT2D eigenvalue weighted by atomic mass is 16.1. The smallest absolute Gasteiger partial charge is 0.229 e. The number of aromatic amines is 1. The van der Waals surface area contributed by atoms with Crippen molar-refractivity contribution in [3.63, 3.8) is 0 Å². The third kappa shape index (κ3) is 1.84. The molecule has 0 aliphatic heterocycles. The summed E-state index contributed by atoms with van der Waals surface area (Å²) in [6.45, 7) is 8.28. The van der Waals surface area contributed by atoms with Crippen LogP contribution >= 0.6 is 0 Å². The van der Waals surface area contributed by atoms with Crippen molar-refractivity contribution >= 4 is 22.8 Å². The average molecular weight is 211 g/mol. The fraction of sp³-hybridized carbons (Fsp3) is 0.0833. The number of benzene rings is 1. The number of carbonyl (C=O) groups is 1. The number of ketones is 1. The van der Waals surface area contributed by atoms with E-state index in [1.807, 2.05) is 18.2 Å². The second kappa shape index (κ2) is 3.99. The molecule has 0 unspecified atom stereocenters. The molecule has 0 fully saturated rings. The molecular weight excluding hydrogens is 202 g/mol. The molecule has 0 radical (unpaired) electrons. The van der Waals surface area contributed by atoms with Crippen LogP contribution in [0.4, 0.5) is 0 Å². The molecule has 0 atom stereocenters. The summed E-state index contributed by atoms with van der Waals surface area (Å²) in [6, 6.07) is 5.59. The summed E-state index contributed by atoms with van der Waals surface area (Å²) in [5.74, 6) is -0.220. The molecule has 1 aromatic carbocycles. The molecule has 0 aliphatic rings. The molecule has 1 N–H and O–H groups in total. The first-order chi connectivity index (χ1) is 7.70. The van der Waals surface area contributed by atoms with Crippen LogP contribution in [0.25, 0.3) is 21.8 Å². The lowest BCUT2D eigenvalue weighted by molar-refractivity contribution is -0.113. The van der Waals surface area contributed by atoms with E-state index in [2.05, 4.69) is 15.0 Å². The third-order valence-corrected chi connectivity index (χ3v) is 2.25. The Labute approximate surface area is 92.4 Å². The number of H-pyrrole nitrogens is 1. The Hall–Kier alpha value is -2.41. The Morgan fingerprint density at radius 3 is 3.06 bits per heavy atom. The van der Waals surface area contributed by atoms with Crippen LogP contribution in [-0.2, 0) is 4.79 Å². The number of nitrogens with one attached hydrogen (secondary N) is 1. The summed E-state index contributed by atoms with van der Waals surface area (Å²) in [5.41, 5.74) is 1.90. The van der Waals surface area contributed by atoms with Gasteiger partial charge in [0.25, 0.3) is 0 Å². The van der Waals surface area contributed by atoms with Gasteiger partial charge in [0.2, 0.25) is 5.70 Å². The number of fused-ring (bicyclic) bond motifs is 1. The zero-order chi connectivity index (χ0) is 11.5. The molecule has 2 aromatic rings. The second-order valence-electron chi connectivity index (χ2n) is 3.41. The molecule has 1 heterocycles. The maximum absolute atomic E-state index is 11.1. The number of hydrogen-bond acceptors (Lipinski definition) is 2. The fourth-order valence-corrected chi connectivity index (χ4v) is 1.42. The molecule has 4 nitrogen and oxygen atoms in total. The van der Waals surface area contributed by atoms with E-state index in [1.165, 1.54) is 6.92 Å². The molecule has 0 aliphatic carbocycles. The largest absolute Gasteiger partial charge is 0.308 e. The van der Waals surface area contributed by atoms with Crippen molar-refractivity contribution in [2.75, 3.05) is 0 Å². The van der Waals surface area contributed by atoms with Crippen LogP contribution < -0.4 is 0 Å². The lowest BCUT2D eigenvalue weighted by atomic mass is 10.1. The minimum atomic E-state index is -0.220. The highest BCUT2D eigenvalue weighted by molar-refractivity contribution is 5.99. The zero-order valence-electron chi connectivity index (χ0n) is 8.69. The van der Waals surface area contributed by atoms with Crippen molar-refractivity contribution in [1.29, 1.82) is 0 Å². The summed E-state index contributed by atoms with van der Waals surface area (Å²) in [5, 5.41) is 7.70. The summed E-state index contributed by atoms with van der Waals surface area (Å²) >= 11 is 0. The van der Waals surface area contributed by atoms with Gasteiger partial charge in [-0.15, -0.1) is 0 Å². The van der Waals surface area contributed by atoms with Crippen molar-refractivity contribution < 1.29 is 4.79 Å². The van der Waals surface area contributed by atoms with E-state index in [1.54, 1.807) is 12.3 Å². The number of Topliss-reactive ketones (excluding diaryl/α,β-unsaturated/α-hetero) is 1. The topological polar surface area (TPSA) is 50.1 Å². The molecule has 1 aromatic heterocycles. The quantitative estimate of drug-likeness (QED) is 0.612. The number of aromatic nitrogens is 2. The SMILES string of the molecule is [C-]#[N+]/C(=C\c1ccc2[nH]ncc2c1)C(C)=O. The van der Waals surface area contributed by atoms with E-state index in [0.29, 0.717) is 0 Å². The summed E-state index contributed by atoms with van der Waals surface area (Å²) < 4.78 is 0. The second-order valence-corrected chi connectivity index (χ2v) is 3.41. The Bertz CT molecular complexity index is 616. The van der Waals surface area contributed by atoms with Gasteiger partial charge in [-0.2, -0.15) is 5.10 Å². The van der Waals surface area contributed by atoms with Gasteiger partial charge in [-0.25, -0.2) is 4.85 Å². The van der Waals surface area contributed by atoms with Crippen LogP contribution in [0.2, 0.25) is 0 Å². The van der Waals surface area contributed by atoms with Crippen LogP contribution in [0.3, 0.4) is 0 Å². The van der Waals surface area contributed by atoms with Gasteiger partial charge in [-0.05, 0) is 30.7 Å². The standard InChI is InChI=1S/C12H9N3O/c1-8(16)12(13-2)6-9-3-4-11-10(5-9)7-14-15-11/h3-7H,1H3,(H,14,15)/b12-6-. The number of hydrogen-bond donors (Lipinski definition) is 1. The summed E-state index contributed by atoms with van der Waals surface area (Å²) in [4.78, 5) is 14.3. The first-order valence-corrected chi connectivity index (χ1v) is 4.74. The molecule has 16 heavy (non-hydrogen) atoms. The van der Waals surface area contributed by atoms with Gasteiger partial charge < -0.3 is 4.79 Å². The molecule has 0 bridgehead atoms. The predicted molar refractivity (Wildman–Crippen MR) is 61.4 cm³/mol. The monoisotopic (exact) mass is 211 g/mol. The van der Waals surface area contributed by atoms with Gasteiger partial charge >= 0.3 is 0 Å². The highest BCUT2D eigenvalue weighted by Crippen LogP contribution is 2.16. The molecule has 0 spiro atoms. The molecule has 78 valence electrons. The number of carbonyl (C=O) groups excluding carboxylic acids is 1. The van der Waals surface area contributed by atoms with Crippen molar-refractivity contribution in [3.8, 4) is 0 Å². The van der Waals surface area contributed by atoms with Crippen LogP contribution in [0.5, 0.6) is 0 Å². The molecule has 0 saturated carbocycles. The van der Waals surface area contributed by atoms with Crippen LogP contribution in [0.15, 0.2) is 30.1 Å². The molecule has 0 amide bonds. The number of nitrogens with zero attached hydrogens (tertiary/aromatic N) is 2. The Morgan fingerprint density at radius 1 is 1.56 bits per heavy atom. The van der Waals surface area contributed by atoms with Gasteiger partial charge in [0.15, 0.2) is 5.78 Å². The van der Waals surface area contributed by atoms with Gasteiger partial charge in [-0.1, -0.05) is 6.07 Å². The minimum Gasteiger partial charge on any atom is -0.308 e. The normalized spacial score (nSPS) is 11.4. The maximum atomic E-state index is 11.1. The Balaban J connectivity index is 2.48. The maximum Gasteiger partial charge on any atom is 0.229 e. The van der Waals surface area contributed by atoms with E-state index >= 15 is 0 Å². The Morgan fingerprint density at radius 2 is 2.38 bits per heavy atom. The number of allylic oxidation sites excluding steroid dienone is 1.